The number of ether oxygens (including phenoxy) is 4. The molecule has 0 fully saturated rings. The van der Waals surface area contributed by atoms with E-state index in [4.69, 9.17) is 18.9 Å². The monoisotopic (exact) mass is 383 g/mol. The average Bonchev–Trinajstić information content (AvgIpc) is 2.42. The van der Waals surface area contributed by atoms with Gasteiger partial charge in [0.15, 0.2) is 0 Å². The molecule has 0 aliphatic heterocycles. The summed E-state index contributed by atoms with van der Waals surface area (Å²) >= 11 is 3.42. The summed E-state index contributed by atoms with van der Waals surface area (Å²) in [6.07, 6.45) is 0.352. The third-order valence-electron chi connectivity index (χ3n) is 2.60. The zero-order valence-electron chi connectivity index (χ0n) is 14.4. The Morgan fingerprint density at radius 3 is 2.32 bits per heavy atom. The number of alkyl carbamates (subject to hydrolysis) is 1. The molecule has 0 spiro atoms. The molecule has 0 aliphatic carbocycles. The maximum Gasteiger partial charge on any atom is 0.407 e. The molecule has 0 saturated carbocycles. The first kappa shape index (κ1) is 21.6. The number of carbonyl (C=O) groups excluding carboxylic acids is 1. The zero-order chi connectivity index (χ0) is 17.1. The third kappa shape index (κ3) is 12.2. The van der Waals surface area contributed by atoms with E-state index in [1.165, 1.54) is 0 Å². The highest BCUT2D eigenvalue weighted by atomic mass is 79.9. The van der Waals surface area contributed by atoms with Crippen LogP contribution in [0.3, 0.4) is 0 Å². The molecule has 0 aromatic carbocycles. The second-order valence-electron chi connectivity index (χ2n) is 6.25. The number of amides is 1. The van der Waals surface area contributed by atoms with E-state index >= 15 is 0 Å². The Morgan fingerprint density at radius 1 is 1.09 bits per heavy atom. The van der Waals surface area contributed by atoms with Crippen molar-refractivity contribution in [1.29, 1.82) is 0 Å². The molecule has 0 aromatic heterocycles. The lowest BCUT2D eigenvalue weighted by Crippen LogP contribution is -2.45. The fourth-order valence-corrected chi connectivity index (χ4v) is 1.79. The molecule has 1 atom stereocenters. The molecule has 1 amide bonds. The number of methoxy groups -OCH3 is 1. The minimum absolute atomic E-state index is 0.373. The average molecular weight is 384 g/mol. The molecule has 1 unspecified atom stereocenters. The molecule has 0 aliphatic rings. The van der Waals surface area contributed by atoms with Gasteiger partial charge in [-0.1, -0.05) is 15.9 Å². The van der Waals surface area contributed by atoms with Crippen LogP contribution in [-0.2, 0) is 18.9 Å². The standard InChI is InChI=1S/C15H30BrNO5/c1-14(2,3)22-13(18)17-12-15(4,11-16)21-8-6-7-20-10-9-19-5/h6-12H2,1-5H3,(H,17,18). The Morgan fingerprint density at radius 2 is 1.77 bits per heavy atom. The summed E-state index contributed by atoms with van der Waals surface area (Å²) in [6, 6.07) is 0. The topological polar surface area (TPSA) is 66.0 Å². The van der Waals surface area contributed by atoms with E-state index in [1.54, 1.807) is 7.11 Å². The van der Waals surface area contributed by atoms with E-state index in [0.717, 1.165) is 6.42 Å². The highest BCUT2D eigenvalue weighted by molar-refractivity contribution is 9.09. The molecule has 0 radical (unpaired) electrons. The van der Waals surface area contributed by atoms with Crippen LogP contribution in [0.2, 0.25) is 0 Å². The number of halogens is 1. The number of alkyl halides is 1. The fraction of sp³-hybridized carbons (Fsp3) is 0.933. The van der Waals surface area contributed by atoms with E-state index in [9.17, 15) is 4.79 Å². The predicted molar refractivity (Wildman–Crippen MR) is 89.7 cm³/mol. The maximum absolute atomic E-state index is 11.7. The summed E-state index contributed by atoms with van der Waals surface area (Å²) < 4.78 is 21.3. The van der Waals surface area contributed by atoms with Crippen molar-refractivity contribution in [3.8, 4) is 0 Å². The Bertz CT molecular complexity index is 309. The molecule has 6 nitrogen and oxygen atoms in total. The molecule has 22 heavy (non-hydrogen) atoms. The third-order valence-corrected chi connectivity index (χ3v) is 3.79. The molecule has 0 aromatic rings. The van der Waals surface area contributed by atoms with Crippen molar-refractivity contribution in [2.75, 3.05) is 45.4 Å². The normalized spacial score (nSPS) is 14.5. The van der Waals surface area contributed by atoms with Gasteiger partial charge in [-0.3, -0.25) is 0 Å². The van der Waals surface area contributed by atoms with Crippen molar-refractivity contribution in [2.45, 2.75) is 45.3 Å². The summed E-state index contributed by atoms with van der Waals surface area (Å²) in [5, 5.41) is 3.35. The lowest BCUT2D eigenvalue weighted by molar-refractivity contribution is -0.0260. The Balaban J connectivity index is 3.91. The van der Waals surface area contributed by atoms with E-state index in [-0.39, 0.29) is 0 Å². The van der Waals surface area contributed by atoms with Crippen molar-refractivity contribution in [2.24, 2.45) is 0 Å². The lowest BCUT2D eigenvalue weighted by Gasteiger charge is -2.29. The minimum Gasteiger partial charge on any atom is -0.444 e. The van der Waals surface area contributed by atoms with Crippen LogP contribution in [-0.4, -0.2) is 62.7 Å². The Labute approximate surface area is 142 Å². The SMILES string of the molecule is COCCOCCCOC(C)(CBr)CNC(=O)OC(C)(C)C. The van der Waals surface area contributed by atoms with Crippen LogP contribution < -0.4 is 5.32 Å². The summed E-state index contributed by atoms with van der Waals surface area (Å²) in [4.78, 5) is 11.7. The predicted octanol–water partition coefficient (Wildman–Crippen LogP) is 2.73. The first-order valence-corrected chi connectivity index (χ1v) is 8.58. The van der Waals surface area contributed by atoms with Gasteiger partial charge in [-0.05, 0) is 34.1 Å². The van der Waals surface area contributed by atoms with Crippen LogP contribution in [0, 0.1) is 0 Å². The lowest BCUT2D eigenvalue weighted by atomic mass is 10.1. The fourth-order valence-electron chi connectivity index (χ4n) is 1.43. The molecule has 1 N–H and O–H groups in total. The molecule has 7 heteroatoms. The van der Waals surface area contributed by atoms with Crippen LogP contribution in [0.4, 0.5) is 4.79 Å². The molecular weight excluding hydrogens is 354 g/mol. The van der Waals surface area contributed by atoms with Crippen LogP contribution in [0.25, 0.3) is 0 Å². The number of carbonyl (C=O) groups is 1. The number of hydrogen-bond donors (Lipinski definition) is 1. The first-order chi connectivity index (χ1) is 10.2. The van der Waals surface area contributed by atoms with Gasteiger partial charge in [0.05, 0.1) is 25.4 Å². The largest absolute Gasteiger partial charge is 0.444 e. The van der Waals surface area contributed by atoms with Crippen molar-refractivity contribution >= 4 is 22.0 Å². The molecule has 0 bridgehead atoms. The highest BCUT2D eigenvalue weighted by Gasteiger charge is 2.26. The molecule has 0 heterocycles. The van der Waals surface area contributed by atoms with Crippen LogP contribution in [0.1, 0.15) is 34.1 Å². The molecular formula is C15H30BrNO5. The van der Waals surface area contributed by atoms with Gasteiger partial charge in [0.2, 0.25) is 0 Å². The highest BCUT2D eigenvalue weighted by Crippen LogP contribution is 2.14. The number of nitrogens with one attached hydrogen (secondary N) is 1. The van der Waals surface area contributed by atoms with Crippen LogP contribution in [0.15, 0.2) is 0 Å². The van der Waals surface area contributed by atoms with E-state index in [2.05, 4.69) is 21.2 Å². The van der Waals surface area contributed by atoms with Gasteiger partial charge in [-0.15, -0.1) is 0 Å². The van der Waals surface area contributed by atoms with E-state index < -0.39 is 17.3 Å². The summed E-state index contributed by atoms with van der Waals surface area (Å²) in [7, 11) is 1.64. The van der Waals surface area contributed by atoms with Crippen molar-refractivity contribution in [1.82, 2.24) is 5.32 Å². The van der Waals surface area contributed by atoms with Crippen LogP contribution >= 0.6 is 15.9 Å². The number of hydrogen-bond acceptors (Lipinski definition) is 5. The maximum atomic E-state index is 11.7. The van der Waals surface area contributed by atoms with Gasteiger partial charge >= 0.3 is 6.09 Å². The van der Waals surface area contributed by atoms with Crippen molar-refractivity contribution < 1.29 is 23.7 Å². The van der Waals surface area contributed by atoms with E-state index in [1.807, 2.05) is 27.7 Å². The summed E-state index contributed by atoms with van der Waals surface area (Å²) in [5.74, 6) is 0. The second kappa shape index (κ2) is 11.2. The quantitative estimate of drug-likeness (QED) is 0.438. The van der Waals surface area contributed by atoms with Gasteiger partial charge in [0, 0.05) is 25.7 Å². The molecule has 0 saturated heterocycles. The second-order valence-corrected chi connectivity index (χ2v) is 6.81. The Hall–Kier alpha value is -0.370. The van der Waals surface area contributed by atoms with Gasteiger partial charge in [0.25, 0.3) is 0 Å². The smallest absolute Gasteiger partial charge is 0.407 e. The first-order valence-electron chi connectivity index (χ1n) is 7.46. The van der Waals surface area contributed by atoms with Crippen molar-refractivity contribution in [3.63, 3.8) is 0 Å². The zero-order valence-corrected chi connectivity index (χ0v) is 16.0. The van der Waals surface area contributed by atoms with Crippen LogP contribution in [0.5, 0.6) is 0 Å². The van der Waals surface area contributed by atoms with Crippen molar-refractivity contribution in [3.05, 3.63) is 0 Å². The summed E-state index contributed by atoms with van der Waals surface area (Å²) in [5.41, 5.74) is -0.987. The van der Waals surface area contributed by atoms with Gasteiger partial charge in [-0.2, -0.15) is 0 Å². The minimum atomic E-state index is -0.505. The van der Waals surface area contributed by atoms with Gasteiger partial charge in [-0.25, -0.2) is 4.79 Å². The van der Waals surface area contributed by atoms with Gasteiger partial charge < -0.3 is 24.3 Å². The summed E-state index contributed by atoms with van der Waals surface area (Å²) in [6.45, 7) is 10.2. The Kier molecular flexibility index (Phi) is 11.0. The number of rotatable bonds is 11. The molecule has 132 valence electrons. The van der Waals surface area contributed by atoms with E-state index in [0.29, 0.717) is 38.3 Å². The van der Waals surface area contributed by atoms with Gasteiger partial charge in [0.1, 0.15) is 5.60 Å². The molecule has 0 rings (SSSR count).